The van der Waals surface area contributed by atoms with Crippen LogP contribution in [0.15, 0.2) is 18.2 Å². The lowest BCUT2D eigenvalue weighted by atomic mass is 9.94. The van der Waals surface area contributed by atoms with Gasteiger partial charge in [0.1, 0.15) is 0 Å². The van der Waals surface area contributed by atoms with Crippen LogP contribution in [0.3, 0.4) is 0 Å². The van der Waals surface area contributed by atoms with Gasteiger partial charge in [0.2, 0.25) is 0 Å². The Balaban J connectivity index is 2.92. The summed E-state index contributed by atoms with van der Waals surface area (Å²) in [7, 11) is 1.24. The van der Waals surface area contributed by atoms with Crippen LogP contribution in [0.25, 0.3) is 0 Å². The lowest BCUT2D eigenvalue weighted by Gasteiger charge is -2.28. The third-order valence-electron chi connectivity index (χ3n) is 3.15. The number of methoxy groups -OCH3 is 1. The maximum absolute atomic E-state index is 13.5. The van der Waals surface area contributed by atoms with E-state index in [4.69, 9.17) is 0 Å². The van der Waals surface area contributed by atoms with Crippen LogP contribution in [-0.2, 0) is 9.53 Å². The minimum atomic E-state index is -1.21. The Bertz CT molecular complexity index is 519. The largest absolute Gasteiger partial charge is 0.469 e. The molecular weight excluding hydrogens is 268 g/mol. The van der Waals surface area contributed by atoms with E-state index in [0.717, 1.165) is 6.07 Å². The fourth-order valence-electron chi connectivity index (χ4n) is 1.67. The van der Waals surface area contributed by atoms with Gasteiger partial charge in [-0.05, 0) is 25.5 Å². The number of nitrogens with one attached hydrogen (secondary N) is 1. The fraction of sp³-hybridized carbons (Fsp3) is 0.429. The summed E-state index contributed by atoms with van der Waals surface area (Å²) in [6.45, 7) is 3.41. The van der Waals surface area contributed by atoms with Crippen molar-refractivity contribution in [2.45, 2.75) is 32.2 Å². The molecule has 0 heterocycles. The normalized spacial score (nSPS) is 13.4. The second-order valence-electron chi connectivity index (χ2n) is 4.72. The maximum atomic E-state index is 13.5. The zero-order valence-corrected chi connectivity index (χ0v) is 11.6. The number of hydrogen-bond donors (Lipinski definition) is 1. The van der Waals surface area contributed by atoms with Gasteiger partial charge in [0.05, 0.1) is 19.1 Å². The first-order valence-corrected chi connectivity index (χ1v) is 6.16. The monoisotopic (exact) mass is 285 g/mol. The molecule has 0 aliphatic carbocycles. The number of halogens is 2. The topological polar surface area (TPSA) is 55.4 Å². The van der Waals surface area contributed by atoms with Crippen LogP contribution < -0.4 is 5.32 Å². The molecule has 0 aliphatic rings. The van der Waals surface area contributed by atoms with Gasteiger partial charge in [-0.15, -0.1) is 0 Å². The van der Waals surface area contributed by atoms with Gasteiger partial charge in [-0.1, -0.05) is 13.0 Å². The molecule has 1 atom stereocenters. The first kappa shape index (κ1) is 16.1. The molecule has 1 aromatic carbocycles. The molecule has 0 aromatic heterocycles. The maximum Gasteiger partial charge on any atom is 0.307 e. The Morgan fingerprint density at radius 2 is 2.00 bits per heavy atom. The summed E-state index contributed by atoms with van der Waals surface area (Å²) in [5, 5.41) is 2.55. The molecule has 0 fully saturated rings. The molecule has 1 rings (SSSR count). The summed E-state index contributed by atoms with van der Waals surface area (Å²) in [4.78, 5) is 23.3. The van der Waals surface area contributed by atoms with Gasteiger partial charge < -0.3 is 10.1 Å². The highest BCUT2D eigenvalue weighted by Gasteiger charge is 2.29. The van der Waals surface area contributed by atoms with Crippen molar-refractivity contribution in [1.29, 1.82) is 0 Å². The van der Waals surface area contributed by atoms with E-state index in [2.05, 4.69) is 10.1 Å². The fourth-order valence-corrected chi connectivity index (χ4v) is 1.67. The number of carbonyl (C=O) groups excluding carboxylic acids is 2. The zero-order chi connectivity index (χ0) is 15.3. The number of ether oxygens (including phenoxy) is 1. The molecule has 0 radical (unpaired) electrons. The molecule has 1 N–H and O–H groups in total. The number of rotatable bonds is 5. The third-order valence-corrected chi connectivity index (χ3v) is 3.15. The minimum Gasteiger partial charge on any atom is -0.469 e. The van der Waals surface area contributed by atoms with Crippen molar-refractivity contribution >= 4 is 11.9 Å². The Labute approximate surface area is 116 Å². The van der Waals surface area contributed by atoms with Crippen LogP contribution in [0.5, 0.6) is 0 Å². The molecule has 0 spiro atoms. The van der Waals surface area contributed by atoms with E-state index in [9.17, 15) is 18.4 Å². The zero-order valence-electron chi connectivity index (χ0n) is 11.6. The standard InChI is InChI=1S/C14H17F2NO3/c1-4-14(2,8-11(18)20-3)17-13(19)9-6-5-7-10(15)12(9)16/h5-7H,4,8H2,1-3H3,(H,17,19)/t14-/m0/s1. The van der Waals surface area contributed by atoms with E-state index in [1.54, 1.807) is 13.8 Å². The second-order valence-corrected chi connectivity index (χ2v) is 4.72. The number of amides is 1. The van der Waals surface area contributed by atoms with E-state index >= 15 is 0 Å². The Morgan fingerprint density at radius 3 is 2.55 bits per heavy atom. The van der Waals surface area contributed by atoms with E-state index < -0.39 is 34.6 Å². The van der Waals surface area contributed by atoms with Crippen molar-refractivity contribution in [3.05, 3.63) is 35.4 Å². The predicted octanol–water partition coefficient (Wildman–Crippen LogP) is 2.43. The van der Waals surface area contributed by atoms with Gasteiger partial charge >= 0.3 is 5.97 Å². The molecule has 6 heteroatoms. The van der Waals surface area contributed by atoms with E-state index in [-0.39, 0.29) is 6.42 Å². The predicted molar refractivity (Wildman–Crippen MR) is 69.2 cm³/mol. The SMILES string of the molecule is CC[C@@](C)(CC(=O)OC)NC(=O)c1cccc(F)c1F. The molecule has 20 heavy (non-hydrogen) atoms. The van der Waals surface area contributed by atoms with Gasteiger partial charge in [0.15, 0.2) is 11.6 Å². The van der Waals surface area contributed by atoms with Crippen LogP contribution in [0.4, 0.5) is 8.78 Å². The van der Waals surface area contributed by atoms with Gasteiger partial charge in [-0.2, -0.15) is 0 Å². The quantitative estimate of drug-likeness (QED) is 0.845. The molecule has 1 amide bonds. The summed E-state index contributed by atoms with van der Waals surface area (Å²) in [6.07, 6.45) is 0.382. The second kappa shape index (κ2) is 6.45. The van der Waals surface area contributed by atoms with Crippen LogP contribution in [0.2, 0.25) is 0 Å². The Kier molecular flexibility index (Phi) is 5.19. The molecule has 0 saturated heterocycles. The lowest BCUT2D eigenvalue weighted by molar-refractivity contribution is -0.142. The number of carbonyl (C=O) groups is 2. The molecule has 4 nitrogen and oxygen atoms in total. The highest BCUT2D eigenvalue weighted by molar-refractivity contribution is 5.95. The highest BCUT2D eigenvalue weighted by atomic mass is 19.2. The summed E-state index contributed by atoms with van der Waals surface area (Å²) in [5.41, 5.74) is -1.28. The smallest absolute Gasteiger partial charge is 0.307 e. The van der Waals surface area contributed by atoms with Gasteiger partial charge in [-0.25, -0.2) is 8.78 Å². The third kappa shape index (κ3) is 3.76. The first-order chi connectivity index (χ1) is 9.33. The summed E-state index contributed by atoms with van der Waals surface area (Å²) in [6, 6.07) is 3.36. The van der Waals surface area contributed by atoms with Crippen molar-refractivity contribution in [2.24, 2.45) is 0 Å². The lowest BCUT2D eigenvalue weighted by Crippen LogP contribution is -2.47. The van der Waals surface area contributed by atoms with Gasteiger partial charge in [0.25, 0.3) is 5.91 Å². The summed E-state index contributed by atoms with van der Waals surface area (Å²) < 4.78 is 31.2. The van der Waals surface area contributed by atoms with Crippen molar-refractivity contribution in [1.82, 2.24) is 5.32 Å². The van der Waals surface area contributed by atoms with E-state index in [1.165, 1.54) is 19.2 Å². The van der Waals surface area contributed by atoms with Gasteiger partial charge in [0, 0.05) is 5.54 Å². The van der Waals surface area contributed by atoms with Crippen LogP contribution in [-0.4, -0.2) is 24.5 Å². The van der Waals surface area contributed by atoms with E-state index in [1.807, 2.05) is 0 Å². The average molecular weight is 285 g/mol. The number of hydrogen-bond acceptors (Lipinski definition) is 3. The number of esters is 1. The molecule has 110 valence electrons. The van der Waals surface area contributed by atoms with Crippen molar-refractivity contribution < 1.29 is 23.1 Å². The van der Waals surface area contributed by atoms with Crippen LogP contribution in [0, 0.1) is 11.6 Å². The highest BCUT2D eigenvalue weighted by Crippen LogP contribution is 2.18. The summed E-state index contributed by atoms with van der Waals surface area (Å²) in [5.74, 6) is -3.56. The molecule has 0 bridgehead atoms. The van der Waals surface area contributed by atoms with Gasteiger partial charge in [-0.3, -0.25) is 9.59 Å². The molecular formula is C14H17F2NO3. The first-order valence-electron chi connectivity index (χ1n) is 6.16. The molecule has 0 unspecified atom stereocenters. The number of benzene rings is 1. The molecule has 0 saturated carbocycles. The summed E-state index contributed by atoms with van der Waals surface area (Å²) >= 11 is 0. The van der Waals surface area contributed by atoms with Crippen molar-refractivity contribution in [3.8, 4) is 0 Å². The van der Waals surface area contributed by atoms with Crippen LogP contribution in [0.1, 0.15) is 37.0 Å². The Morgan fingerprint density at radius 1 is 1.35 bits per heavy atom. The Hall–Kier alpha value is -1.98. The van der Waals surface area contributed by atoms with Crippen LogP contribution >= 0.6 is 0 Å². The average Bonchev–Trinajstić information content (AvgIpc) is 2.41. The van der Waals surface area contributed by atoms with Crippen molar-refractivity contribution in [2.75, 3.05) is 7.11 Å². The molecule has 1 aromatic rings. The minimum absolute atomic E-state index is 0.0529. The molecule has 0 aliphatic heterocycles. The van der Waals surface area contributed by atoms with Crippen molar-refractivity contribution in [3.63, 3.8) is 0 Å². The van der Waals surface area contributed by atoms with E-state index in [0.29, 0.717) is 6.42 Å².